The third-order valence-corrected chi connectivity index (χ3v) is 8.01. The average molecular weight is 550 g/mol. The van der Waals surface area contributed by atoms with Crippen LogP contribution in [0.2, 0.25) is 5.02 Å². The third-order valence-electron chi connectivity index (χ3n) is 6.44. The summed E-state index contributed by atoms with van der Waals surface area (Å²) in [5.41, 5.74) is 3.40. The summed E-state index contributed by atoms with van der Waals surface area (Å²) in [5, 5.41) is 3.47. The van der Waals surface area contributed by atoms with E-state index in [4.69, 9.17) is 11.6 Å². The summed E-state index contributed by atoms with van der Waals surface area (Å²) in [7, 11) is -3.54. The highest BCUT2D eigenvalue weighted by Crippen LogP contribution is 2.23. The van der Waals surface area contributed by atoms with Gasteiger partial charge in [-0.05, 0) is 68.0 Å². The molecule has 0 aliphatic heterocycles. The first-order valence-electron chi connectivity index (χ1n) is 12.8. The number of aryl methyl sites for hydroxylation is 2. The normalized spacial score (nSPS) is 12.2. The number of amides is 2. The van der Waals surface area contributed by atoms with Crippen molar-refractivity contribution < 1.29 is 18.0 Å². The third kappa shape index (κ3) is 9.04. The maximum atomic E-state index is 13.5. The van der Waals surface area contributed by atoms with Crippen molar-refractivity contribution in [2.45, 2.75) is 72.4 Å². The lowest BCUT2D eigenvalue weighted by Crippen LogP contribution is -2.49. The number of halogens is 1. The number of nitrogens with zero attached hydrogens (tertiary/aromatic N) is 2. The molecule has 2 rings (SSSR count). The van der Waals surface area contributed by atoms with Gasteiger partial charge >= 0.3 is 0 Å². The molecule has 0 bridgehead atoms. The first kappa shape index (κ1) is 30.6. The Kier molecular flexibility index (Phi) is 11.9. The van der Waals surface area contributed by atoms with Gasteiger partial charge in [0, 0.05) is 31.1 Å². The monoisotopic (exact) mass is 549 g/mol. The second-order valence-corrected chi connectivity index (χ2v) is 11.7. The van der Waals surface area contributed by atoms with Crippen molar-refractivity contribution in [3.05, 3.63) is 64.2 Å². The Hall–Kier alpha value is -2.58. The molecule has 0 aromatic heterocycles. The zero-order valence-electron chi connectivity index (χ0n) is 22.6. The summed E-state index contributed by atoms with van der Waals surface area (Å²) in [6, 6.07) is 12.1. The summed E-state index contributed by atoms with van der Waals surface area (Å²) in [6.45, 7) is 8.75. The van der Waals surface area contributed by atoms with E-state index in [1.54, 1.807) is 17.0 Å². The molecule has 37 heavy (non-hydrogen) atoms. The lowest BCUT2D eigenvalue weighted by Gasteiger charge is -2.31. The maximum Gasteiger partial charge on any atom is 0.242 e. The van der Waals surface area contributed by atoms with Crippen LogP contribution in [0.15, 0.2) is 42.5 Å². The van der Waals surface area contributed by atoms with Gasteiger partial charge in [-0.2, -0.15) is 0 Å². The molecule has 0 aliphatic rings. The van der Waals surface area contributed by atoms with Crippen LogP contribution < -0.4 is 9.62 Å². The van der Waals surface area contributed by atoms with Gasteiger partial charge in [0.2, 0.25) is 21.8 Å². The van der Waals surface area contributed by atoms with E-state index in [-0.39, 0.29) is 31.3 Å². The zero-order valence-corrected chi connectivity index (χ0v) is 24.2. The number of unbranched alkanes of at least 4 members (excludes halogenated alkanes) is 1. The number of benzene rings is 2. The van der Waals surface area contributed by atoms with E-state index < -0.39 is 16.1 Å². The van der Waals surface area contributed by atoms with Crippen LogP contribution in [0.1, 0.15) is 62.6 Å². The number of rotatable bonds is 14. The Bertz CT molecular complexity index is 1170. The van der Waals surface area contributed by atoms with Crippen LogP contribution in [0.25, 0.3) is 0 Å². The molecule has 0 aliphatic carbocycles. The fraction of sp³-hybridized carbons (Fsp3) is 0.500. The highest BCUT2D eigenvalue weighted by Gasteiger charge is 2.29. The van der Waals surface area contributed by atoms with Crippen molar-refractivity contribution in [1.82, 2.24) is 10.2 Å². The van der Waals surface area contributed by atoms with E-state index in [1.165, 1.54) is 10.6 Å². The number of carbonyl (C=O) groups excluding carboxylic acids is 2. The van der Waals surface area contributed by atoms with Crippen LogP contribution >= 0.6 is 11.6 Å². The molecule has 7 nitrogen and oxygen atoms in total. The Morgan fingerprint density at radius 3 is 2.32 bits per heavy atom. The van der Waals surface area contributed by atoms with Gasteiger partial charge in [-0.3, -0.25) is 13.9 Å². The van der Waals surface area contributed by atoms with Gasteiger partial charge < -0.3 is 10.2 Å². The molecule has 9 heteroatoms. The summed E-state index contributed by atoms with van der Waals surface area (Å²) in [6.07, 6.45) is 3.84. The molecule has 2 amide bonds. The van der Waals surface area contributed by atoms with Gasteiger partial charge in [-0.15, -0.1) is 0 Å². The molecule has 1 unspecified atom stereocenters. The number of hydrogen-bond acceptors (Lipinski definition) is 4. The summed E-state index contributed by atoms with van der Waals surface area (Å²) in [5.74, 6) is -0.407. The summed E-state index contributed by atoms with van der Waals surface area (Å²) >= 11 is 6.38. The minimum Gasteiger partial charge on any atom is -0.354 e. The first-order valence-corrected chi connectivity index (χ1v) is 15.1. The molecule has 2 aromatic rings. The van der Waals surface area contributed by atoms with Gasteiger partial charge in [0.05, 0.1) is 11.9 Å². The minimum absolute atomic E-state index is 0.0973. The van der Waals surface area contributed by atoms with Gasteiger partial charge in [-0.25, -0.2) is 8.42 Å². The molecule has 0 fully saturated rings. The fourth-order valence-corrected chi connectivity index (χ4v) is 5.27. The van der Waals surface area contributed by atoms with Crippen LogP contribution in [0.4, 0.5) is 5.69 Å². The van der Waals surface area contributed by atoms with Gasteiger partial charge in [0.15, 0.2) is 0 Å². The fourth-order valence-electron chi connectivity index (χ4n) is 4.12. The second-order valence-electron chi connectivity index (χ2n) is 9.39. The number of nitrogens with one attached hydrogen (secondary N) is 1. The van der Waals surface area contributed by atoms with Crippen molar-refractivity contribution in [1.29, 1.82) is 0 Å². The predicted molar refractivity (Wildman–Crippen MR) is 151 cm³/mol. The summed E-state index contributed by atoms with van der Waals surface area (Å²) in [4.78, 5) is 28.1. The first-order chi connectivity index (χ1) is 17.5. The summed E-state index contributed by atoms with van der Waals surface area (Å²) < 4.78 is 26.4. The van der Waals surface area contributed by atoms with Crippen LogP contribution in [0, 0.1) is 13.8 Å². The molecule has 0 saturated heterocycles. The largest absolute Gasteiger partial charge is 0.354 e. The molecule has 1 atom stereocenters. The van der Waals surface area contributed by atoms with Crippen molar-refractivity contribution in [3.8, 4) is 0 Å². The smallest absolute Gasteiger partial charge is 0.242 e. The zero-order chi connectivity index (χ0) is 27.6. The average Bonchev–Trinajstić information content (AvgIpc) is 2.84. The molecule has 0 heterocycles. The lowest BCUT2D eigenvalue weighted by atomic mass is 10.1. The molecule has 0 radical (unpaired) electrons. The maximum absolute atomic E-state index is 13.5. The van der Waals surface area contributed by atoms with Crippen molar-refractivity contribution in [2.24, 2.45) is 0 Å². The van der Waals surface area contributed by atoms with E-state index in [9.17, 15) is 18.0 Å². The van der Waals surface area contributed by atoms with Crippen molar-refractivity contribution in [3.63, 3.8) is 0 Å². The van der Waals surface area contributed by atoms with Gasteiger partial charge in [-0.1, -0.05) is 56.1 Å². The van der Waals surface area contributed by atoms with Crippen LogP contribution in [-0.4, -0.2) is 50.5 Å². The molecule has 0 saturated carbocycles. The van der Waals surface area contributed by atoms with Crippen molar-refractivity contribution >= 4 is 39.1 Å². The Morgan fingerprint density at radius 2 is 1.73 bits per heavy atom. The van der Waals surface area contributed by atoms with E-state index >= 15 is 0 Å². The molecule has 2 aromatic carbocycles. The number of hydrogen-bond donors (Lipinski definition) is 1. The van der Waals surface area contributed by atoms with E-state index in [2.05, 4.69) is 12.2 Å². The molecule has 1 N–H and O–H groups in total. The minimum atomic E-state index is -3.54. The van der Waals surface area contributed by atoms with Gasteiger partial charge in [0.25, 0.3) is 0 Å². The Balaban J connectivity index is 2.22. The predicted octanol–water partition coefficient (Wildman–Crippen LogP) is 5.23. The Morgan fingerprint density at radius 1 is 1.03 bits per heavy atom. The van der Waals surface area contributed by atoms with E-state index in [0.717, 1.165) is 29.5 Å². The van der Waals surface area contributed by atoms with E-state index in [1.807, 2.05) is 51.1 Å². The van der Waals surface area contributed by atoms with Gasteiger partial charge in [0.1, 0.15) is 6.04 Å². The molecule has 204 valence electrons. The van der Waals surface area contributed by atoms with Crippen LogP contribution in [0.5, 0.6) is 0 Å². The highest BCUT2D eigenvalue weighted by molar-refractivity contribution is 7.92. The number of sulfonamides is 1. The number of carbonyl (C=O) groups is 2. The topological polar surface area (TPSA) is 86.8 Å². The second kappa shape index (κ2) is 14.4. The quantitative estimate of drug-likeness (QED) is 0.327. The molecular formula is C28H40ClN3O4S. The van der Waals surface area contributed by atoms with E-state index in [0.29, 0.717) is 30.1 Å². The van der Waals surface area contributed by atoms with Crippen molar-refractivity contribution in [2.75, 3.05) is 23.7 Å². The standard InChI is InChI=1S/C28H40ClN3O4S/c1-6-8-17-30-28(34)26(7-2)31(20-23-12-9-10-13-25(23)29)27(33)14-11-18-32(37(5,35)36)24-16-15-21(3)22(4)19-24/h9-10,12-13,15-16,19,26H,6-8,11,14,17-18,20H2,1-5H3,(H,30,34). The SMILES string of the molecule is CCCCNC(=O)C(CC)N(Cc1ccccc1Cl)C(=O)CCCN(c1ccc(C)c(C)c1)S(C)(=O)=O. The van der Waals surface area contributed by atoms with Crippen LogP contribution in [0.3, 0.4) is 0 Å². The number of anilines is 1. The highest BCUT2D eigenvalue weighted by atomic mass is 35.5. The van der Waals surface area contributed by atoms with Crippen LogP contribution in [-0.2, 0) is 26.2 Å². The molecule has 0 spiro atoms. The molecular weight excluding hydrogens is 510 g/mol. The Labute approximate surface area is 227 Å². The lowest BCUT2D eigenvalue weighted by molar-refractivity contribution is -0.141.